The third-order valence-corrected chi connectivity index (χ3v) is 4.61. The van der Waals surface area contributed by atoms with E-state index in [0.717, 1.165) is 33.8 Å². The Bertz CT molecular complexity index is 902. The lowest BCUT2D eigenvalue weighted by Crippen LogP contribution is -2.13. The average molecular weight is 350 g/mol. The largest absolute Gasteiger partial charge is 0.416 e. The summed E-state index contributed by atoms with van der Waals surface area (Å²) in [5, 5.41) is 3.62. The Kier molecular flexibility index (Phi) is 4.28. The van der Waals surface area contributed by atoms with Crippen LogP contribution >= 0.6 is 11.3 Å². The van der Waals surface area contributed by atoms with Crippen LogP contribution in [0.4, 0.5) is 18.9 Å². The maximum Gasteiger partial charge on any atom is 0.416 e. The Morgan fingerprint density at radius 3 is 2.71 bits per heavy atom. The molecular weight excluding hydrogens is 337 g/mol. The molecule has 3 nitrogen and oxygen atoms in total. The van der Waals surface area contributed by atoms with Crippen molar-refractivity contribution in [2.45, 2.75) is 19.5 Å². The highest BCUT2D eigenvalue weighted by molar-refractivity contribution is 7.18. The van der Waals surface area contributed by atoms with Crippen LogP contribution in [0.15, 0.2) is 42.5 Å². The van der Waals surface area contributed by atoms with Crippen molar-refractivity contribution < 1.29 is 18.0 Å². The fourth-order valence-electron chi connectivity index (χ4n) is 2.24. The number of anilines is 1. The van der Waals surface area contributed by atoms with Gasteiger partial charge in [0, 0.05) is 11.3 Å². The van der Waals surface area contributed by atoms with Crippen molar-refractivity contribution in [2.24, 2.45) is 0 Å². The van der Waals surface area contributed by atoms with Crippen LogP contribution in [0.2, 0.25) is 0 Å². The van der Waals surface area contributed by atoms with Gasteiger partial charge in [0.25, 0.3) is 5.91 Å². The van der Waals surface area contributed by atoms with Crippen molar-refractivity contribution in [2.75, 3.05) is 5.32 Å². The fraction of sp³-hybridized carbons (Fsp3) is 0.176. The number of nitrogens with zero attached hydrogens (tertiary/aromatic N) is 1. The number of nitrogens with one attached hydrogen (secondary N) is 1. The molecule has 2 aromatic carbocycles. The summed E-state index contributed by atoms with van der Waals surface area (Å²) in [7, 11) is 0. The molecule has 0 fully saturated rings. The number of fused-ring (bicyclic) bond motifs is 1. The number of carbonyl (C=O) groups excluding carboxylic acids is 1. The second-order valence-electron chi connectivity index (χ2n) is 5.18. The minimum absolute atomic E-state index is 0.0385. The number of benzene rings is 2. The molecule has 0 bridgehead atoms. The zero-order valence-electron chi connectivity index (χ0n) is 12.6. The highest BCUT2D eigenvalue weighted by atomic mass is 32.1. The van der Waals surface area contributed by atoms with E-state index in [1.807, 2.05) is 6.92 Å². The monoisotopic (exact) mass is 350 g/mol. The van der Waals surface area contributed by atoms with E-state index in [9.17, 15) is 18.0 Å². The van der Waals surface area contributed by atoms with Gasteiger partial charge < -0.3 is 5.32 Å². The Morgan fingerprint density at radius 1 is 1.21 bits per heavy atom. The topological polar surface area (TPSA) is 42.0 Å². The summed E-state index contributed by atoms with van der Waals surface area (Å²) >= 11 is 1.53. The lowest BCUT2D eigenvalue weighted by atomic mass is 10.1. The normalized spacial score (nSPS) is 11.7. The molecule has 24 heavy (non-hydrogen) atoms. The Morgan fingerprint density at radius 2 is 2.00 bits per heavy atom. The van der Waals surface area contributed by atoms with Gasteiger partial charge in [-0.3, -0.25) is 4.79 Å². The van der Waals surface area contributed by atoms with Gasteiger partial charge in [0.15, 0.2) is 0 Å². The van der Waals surface area contributed by atoms with Gasteiger partial charge in [0.05, 0.1) is 20.8 Å². The summed E-state index contributed by atoms with van der Waals surface area (Å²) in [4.78, 5) is 16.6. The van der Waals surface area contributed by atoms with E-state index in [1.54, 1.807) is 18.2 Å². The first kappa shape index (κ1) is 16.4. The highest BCUT2D eigenvalue weighted by Gasteiger charge is 2.30. The van der Waals surface area contributed by atoms with Gasteiger partial charge >= 0.3 is 6.18 Å². The zero-order valence-corrected chi connectivity index (χ0v) is 13.5. The molecule has 3 aromatic rings. The minimum Gasteiger partial charge on any atom is -0.322 e. The molecule has 0 aliphatic rings. The zero-order chi connectivity index (χ0) is 17.3. The number of aryl methyl sites for hydroxylation is 1. The number of thiazole rings is 1. The lowest BCUT2D eigenvalue weighted by molar-refractivity contribution is -0.137. The number of alkyl halides is 3. The van der Waals surface area contributed by atoms with Crippen molar-refractivity contribution in [1.82, 2.24) is 4.98 Å². The molecule has 0 spiro atoms. The van der Waals surface area contributed by atoms with E-state index < -0.39 is 17.6 Å². The Balaban J connectivity index is 1.84. The predicted octanol–water partition coefficient (Wildman–Crippen LogP) is 5.13. The van der Waals surface area contributed by atoms with Gasteiger partial charge in [-0.25, -0.2) is 4.98 Å². The van der Waals surface area contributed by atoms with Gasteiger partial charge in [-0.2, -0.15) is 13.2 Å². The standard InChI is InChI=1S/C17H13F3N2OS/c1-2-15-22-13-7-6-12(9-14(13)24-15)21-16(23)10-4-3-5-11(8-10)17(18,19)20/h3-9H,2H2,1H3,(H,21,23). The molecule has 0 atom stereocenters. The Labute approximate surface area is 140 Å². The molecular formula is C17H13F3N2OS. The maximum atomic E-state index is 12.7. The number of halogens is 3. The number of hydrogen-bond acceptors (Lipinski definition) is 3. The van der Waals surface area contributed by atoms with E-state index >= 15 is 0 Å². The molecule has 0 aliphatic heterocycles. The quantitative estimate of drug-likeness (QED) is 0.711. The van der Waals surface area contributed by atoms with E-state index in [0.29, 0.717) is 5.69 Å². The van der Waals surface area contributed by atoms with Crippen LogP contribution in [0, 0.1) is 0 Å². The molecule has 3 rings (SSSR count). The molecule has 0 saturated carbocycles. The second kappa shape index (κ2) is 6.24. The van der Waals surface area contributed by atoms with Gasteiger partial charge in [-0.15, -0.1) is 11.3 Å². The van der Waals surface area contributed by atoms with Crippen LogP contribution in [0.5, 0.6) is 0 Å². The van der Waals surface area contributed by atoms with Crippen molar-refractivity contribution in [1.29, 1.82) is 0 Å². The molecule has 1 amide bonds. The minimum atomic E-state index is -4.48. The number of rotatable bonds is 3. The highest BCUT2D eigenvalue weighted by Crippen LogP contribution is 2.30. The summed E-state index contributed by atoms with van der Waals surface area (Å²) in [6, 6.07) is 9.60. The molecule has 124 valence electrons. The van der Waals surface area contributed by atoms with Crippen LogP contribution in [0.3, 0.4) is 0 Å². The molecule has 0 aliphatic carbocycles. The molecule has 1 heterocycles. The van der Waals surface area contributed by atoms with Crippen LogP contribution in [0.25, 0.3) is 10.2 Å². The summed E-state index contributed by atoms with van der Waals surface area (Å²) in [5.41, 5.74) is 0.481. The van der Waals surface area contributed by atoms with Crippen LogP contribution in [0.1, 0.15) is 27.9 Å². The van der Waals surface area contributed by atoms with Crippen molar-refractivity contribution in [3.63, 3.8) is 0 Å². The fourth-order valence-corrected chi connectivity index (χ4v) is 3.19. The molecule has 0 saturated heterocycles. The van der Waals surface area contributed by atoms with Gasteiger partial charge in [-0.1, -0.05) is 13.0 Å². The molecule has 0 unspecified atom stereocenters. The predicted molar refractivity (Wildman–Crippen MR) is 88.4 cm³/mol. The van der Waals surface area contributed by atoms with E-state index in [1.165, 1.54) is 23.5 Å². The van der Waals surface area contributed by atoms with Gasteiger partial charge in [-0.05, 0) is 42.8 Å². The molecule has 7 heteroatoms. The van der Waals surface area contributed by atoms with Crippen LogP contribution in [-0.2, 0) is 12.6 Å². The first-order valence-corrected chi connectivity index (χ1v) is 8.06. The van der Waals surface area contributed by atoms with Crippen LogP contribution in [-0.4, -0.2) is 10.9 Å². The summed E-state index contributed by atoms with van der Waals surface area (Å²) < 4.78 is 39.1. The maximum absolute atomic E-state index is 12.7. The van der Waals surface area contributed by atoms with Gasteiger partial charge in [0.2, 0.25) is 0 Å². The number of carbonyl (C=O) groups is 1. The number of aromatic nitrogens is 1. The summed E-state index contributed by atoms with van der Waals surface area (Å²) in [6.45, 7) is 2.01. The number of hydrogen-bond donors (Lipinski definition) is 1. The smallest absolute Gasteiger partial charge is 0.322 e. The number of amides is 1. The molecule has 0 radical (unpaired) electrons. The van der Waals surface area contributed by atoms with E-state index in [4.69, 9.17) is 0 Å². The average Bonchev–Trinajstić information content (AvgIpc) is 2.96. The molecule has 1 N–H and O–H groups in total. The Hall–Kier alpha value is -2.41. The van der Waals surface area contributed by atoms with Crippen LogP contribution < -0.4 is 5.32 Å². The first-order valence-electron chi connectivity index (χ1n) is 7.25. The lowest BCUT2D eigenvalue weighted by Gasteiger charge is -2.09. The van der Waals surface area contributed by atoms with E-state index in [-0.39, 0.29) is 5.56 Å². The third-order valence-electron chi connectivity index (χ3n) is 3.45. The van der Waals surface area contributed by atoms with Gasteiger partial charge in [0.1, 0.15) is 0 Å². The second-order valence-corrected chi connectivity index (χ2v) is 6.29. The van der Waals surface area contributed by atoms with E-state index in [2.05, 4.69) is 10.3 Å². The van der Waals surface area contributed by atoms with Crippen molar-refractivity contribution >= 4 is 33.1 Å². The van der Waals surface area contributed by atoms with Crippen molar-refractivity contribution in [3.05, 3.63) is 58.6 Å². The molecule has 1 aromatic heterocycles. The van der Waals surface area contributed by atoms with Crippen molar-refractivity contribution in [3.8, 4) is 0 Å². The third kappa shape index (κ3) is 3.41. The first-order chi connectivity index (χ1) is 11.4. The summed E-state index contributed by atoms with van der Waals surface area (Å²) in [5.74, 6) is -0.583. The SMILES string of the molecule is CCc1nc2ccc(NC(=O)c3cccc(C(F)(F)F)c3)cc2s1. The summed E-state index contributed by atoms with van der Waals surface area (Å²) in [6.07, 6.45) is -3.65.